The van der Waals surface area contributed by atoms with Crippen LogP contribution in [-0.4, -0.2) is 30.0 Å². The predicted molar refractivity (Wildman–Crippen MR) is 74.4 cm³/mol. The fraction of sp³-hybridized carbons (Fsp3) is 0.200. The van der Waals surface area contributed by atoms with Crippen LogP contribution in [-0.2, 0) is 16.6 Å². The zero-order chi connectivity index (χ0) is 14.0. The summed E-state index contributed by atoms with van der Waals surface area (Å²) in [6.07, 6.45) is 0. The first kappa shape index (κ1) is 14.2. The highest BCUT2D eigenvalue weighted by molar-refractivity contribution is 7.91. The van der Waals surface area contributed by atoms with Crippen LogP contribution in [0.3, 0.4) is 0 Å². The molecule has 0 amide bonds. The molecule has 2 rings (SSSR count). The van der Waals surface area contributed by atoms with Crippen molar-refractivity contribution >= 4 is 38.1 Å². The Morgan fingerprint density at radius 3 is 2.63 bits per heavy atom. The molecule has 0 atom stereocenters. The molecule has 0 saturated carbocycles. The fourth-order valence-electron chi connectivity index (χ4n) is 1.41. The van der Waals surface area contributed by atoms with E-state index in [1.54, 1.807) is 24.3 Å². The molecule has 0 aliphatic carbocycles. The van der Waals surface area contributed by atoms with Crippen molar-refractivity contribution in [2.24, 2.45) is 0 Å². The van der Waals surface area contributed by atoms with Crippen LogP contribution in [0.4, 0.5) is 5.13 Å². The molecule has 2 aromatic rings. The highest BCUT2D eigenvalue weighted by Gasteiger charge is 2.25. The van der Waals surface area contributed by atoms with Crippen LogP contribution in [0.5, 0.6) is 0 Å². The maximum Gasteiger partial charge on any atom is 0.272 e. The van der Waals surface area contributed by atoms with Crippen molar-refractivity contribution in [3.05, 3.63) is 34.9 Å². The van der Waals surface area contributed by atoms with Gasteiger partial charge in [-0.05, 0) is 11.6 Å². The molecule has 0 aliphatic heterocycles. The number of rotatable bonds is 4. The van der Waals surface area contributed by atoms with E-state index in [1.165, 1.54) is 7.05 Å². The van der Waals surface area contributed by atoms with E-state index in [9.17, 15) is 8.42 Å². The van der Waals surface area contributed by atoms with Crippen LogP contribution >= 0.6 is 22.9 Å². The van der Waals surface area contributed by atoms with Crippen LogP contribution in [0, 0.1) is 0 Å². The van der Waals surface area contributed by atoms with Gasteiger partial charge in [0.1, 0.15) is 0 Å². The summed E-state index contributed by atoms with van der Waals surface area (Å²) in [5.74, 6) is 0. The molecule has 0 saturated heterocycles. The average Bonchev–Trinajstić information content (AvgIpc) is 2.79. The van der Waals surface area contributed by atoms with Crippen LogP contribution in [0.15, 0.2) is 28.6 Å². The third kappa shape index (κ3) is 3.03. The van der Waals surface area contributed by atoms with E-state index < -0.39 is 10.0 Å². The van der Waals surface area contributed by atoms with Crippen LogP contribution in [0.1, 0.15) is 5.56 Å². The maximum atomic E-state index is 12.2. The topological polar surface area (TPSA) is 89.2 Å². The predicted octanol–water partition coefficient (Wildman–Crippen LogP) is 1.59. The van der Waals surface area contributed by atoms with Crippen LogP contribution < -0.4 is 5.73 Å². The maximum absolute atomic E-state index is 12.2. The Hall–Kier alpha value is -1.22. The monoisotopic (exact) mass is 318 g/mol. The van der Waals surface area contributed by atoms with Crippen molar-refractivity contribution in [3.8, 4) is 0 Å². The lowest BCUT2D eigenvalue weighted by Crippen LogP contribution is -2.26. The molecular weight excluding hydrogens is 308 g/mol. The molecule has 0 unspecified atom stereocenters. The number of sulfonamides is 1. The third-order valence-electron chi connectivity index (χ3n) is 2.40. The van der Waals surface area contributed by atoms with E-state index in [4.69, 9.17) is 17.3 Å². The number of halogens is 1. The summed E-state index contributed by atoms with van der Waals surface area (Å²) in [4.78, 5) is 0. The second-order valence-electron chi connectivity index (χ2n) is 3.76. The Labute approximate surface area is 119 Å². The van der Waals surface area contributed by atoms with E-state index in [-0.39, 0.29) is 16.0 Å². The largest absolute Gasteiger partial charge is 0.374 e. The number of nitrogens with zero attached hydrogens (tertiary/aromatic N) is 3. The summed E-state index contributed by atoms with van der Waals surface area (Å²) < 4.78 is 25.4. The van der Waals surface area contributed by atoms with E-state index in [2.05, 4.69) is 10.2 Å². The smallest absolute Gasteiger partial charge is 0.272 e. The summed E-state index contributed by atoms with van der Waals surface area (Å²) >= 11 is 6.83. The summed E-state index contributed by atoms with van der Waals surface area (Å²) in [7, 11) is -2.24. The molecule has 1 aromatic heterocycles. The first-order valence-corrected chi connectivity index (χ1v) is 7.83. The van der Waals surface area contributed by atoms with Crippen molar-refractivity contribution in [1.82, 2.24) is 14.5 Å². The number of hydrogen-bond donors (Lipinski definition) is 1. The lowest BCUT2D eigenvalue weighted by atomic mass is 10.2. The number of benzene rings is 1. The zero-order valence-electron chi connectivity index (χ0n) is 9.95. The molecule has 1 aromatic carbocycles. The lowest BCUT2D eigenvalue weighted by Gasteiger charge is -2.15. The molecule has 0 spiro atoms. The first-order valence-electron chi connectivity index (χ1n) is 5.20. The molecule has 0 radical (unpaired) electrons. The van der Waals surface area contributed by atoms with E-state index in [0.717, 1.165) is 15.6 Å². The van der Waals surface area contributed by atoms with E-state index in [1.807, 2.05) is 0 Å². The molecule has 19 heavy (non-hydrogen) atoms. The molecule has 2 N–H and O–H groups in total. The standard InChI is InChI=1S/C10H11ClN4O2S2/c1-15(6-7-4-2-3-5-8(7)11)19(16,17)10-14-13-9(12)18-10/h2-5H,6H2,1H3,(H2,12,13). The van der Waals surface area contributed by atoms with Gasteiger partial charge in [0.2, 0.25) is 9.47 Å². The van der Waals surface area contributed by atoms with Crippen LogP contribution in [0.2, 0.25) is 5.02 Å². The SMILES string of the molecule is CN(Cc1ccccc1Cl)S(=O)(=O)c1nnc(N)s1. The van der Waals surface area contributed by atoms with Gasteiger partial charge in [-0.15, -0.1) is 10.2 Å². The molecular formula is C10H11ClN4O2S2. The summed E-state index contributed by atoms with van der Waals surface area (Å²) in [6, 6.07) is 7.06. The Kier molecular flexibility index (Phi) is 4.04. The minimum Gasteiger partial charge on any atom is -0.374 e. The zero-order valence-corrected chi connectivity index (χ0v) is 12.3. The molecule has 0 bridgehead atoms. The minimum atomic E-state index is -3.69. The second kappa shape index (κ2) is 5.41. The van der Waals surface area contributed by atoms with E-state index in [0.29, 0.717) is 10.6 Å². The number of nitrogen functional groups attached to an aromatic ring is 1. The summed E-state index contributed by atoms with van der Waals surface area (Å²) in [5.41, 5.74) is 6.11. The number of aromatic nitrogens is 2. The molecule has 0 aliphatic rings. The van der Waals surface area contributed by atoms with Gasteiger partial charge in [-0.3, -0.25) is 0 Å². The molecule has 6 nitrogen and oxygen atoms in total. The Bertz CT molecular complexity index is 686. The van der Waals surface area contributed by atoms with Crippen molar-refractivity contribution in [3.63, 3.8) is 0 Å². The Morgan fingerprint density at radius 1 is 1.37 bits per heavy atom. The summed E-state index contributed by atoms with van der Waals surface area (Å²) in [5, 5.41) is 7.69. The van der Waals surface area contributed by atoms with Crippen molar-refractivity contribution in [1.29, 1.82) is 0 Å². The lowest BCUT2D eigenvalue weighted by molar-refractivity contribution is 0.465. The normalized spacial score (nSPS) is 11.9. The average molecular weight is 319 g/mol. The Morgan fingerprint density at radius 2 is 2.05 bits per heavy atom. The molecule has 102 valence electrons. The number of nitrogens with two attached hydrogens (primary N) is 1. The fourth-order valence-corrected chi connectivity index (χ4v) is 3.73. The highest BCUT2D eigenvalue weighted by atomic mass is 35.5. The number of hydrogen-bond acceptors (Lipinski definition) is 6. The quantitative estimate of drug-likeness (QED) is 0.924. The highest BCUT2D eigenvalue weighted by Crippen LogP contribution is 2.23. The van der Waals surface area contributed by atoms with Gasteiger partial charge in [-0.1, -0.05) is 41.1 Å². The van der Waals surface area contributed by atoms with Gasteiger partial charge in [0.15, 0.2) is 0 Å². The minimum absolute atomic E-state index is 0.115. The van der Waals surface area contributed by atoms with Gasteiger partial charge in [0.05, 0.1) is 0 Å². The summed E-state index contributed by atoms with van der Waals surface area (Å²) in [6.45, 7) is 0.154. The molecule has 1 heterocycles. The van der Waals surface area contributed by atoms with Crippen molar-refractivity contribution in [2.45, 2.75) is 10.9 Å². The van der Waals surface area contributed by atoms with Crippen LogP contribution in [0.25, 0.3) is 0 Å². The van der Waals surface area contributed by atoms with Gasteiger partial charge in [0.25, 0.3) is 10.0 Å². The Balaban J connectivity index is 2.25. The second-order valence-corrected chi connectivity index (χ2v) is 7.39. The van der Waals surface area contributed by atoms with Gasteiger partial charge in [-0.2, -0.15) is 4.31 Å². The van der Waals surface area contributed by atoms with Gasteiger partial charge in [-0.25, -0.2) is 8.42 Å². The molecule has 0 fully saturated rings. The van der Waals surface area contributed by atoms with Crippen molar-refractivity contribution in [2.75, 3.05) is 12.8 Å². The van der Waals surface area contributed by atoms with Gasteiger partial charge >= 0.3 is 0 Å². The molecule has 9 heteroatoms. The van der Waals surface area contributed by atoms with Crippen molar-refractivity contribution < 1.29 is 8.42 Å². The van der Waals surface area contributed by atoms with Gasteiger partial charge in [0, 0.05) is 18.6 Å². The van der Waals surface area contributed by atoms with Gasteiger partial charge < -0.3 is 5.73 Å². The first-order chi connectivity index (χ1) is 8.91. The van der Waals surface area contributed by atoms with E-state index >= 15 is 0 Å². The number of anilines is 1. The third-order valence-corrected chi connectivity index (χ3v) is 5.67.